The lowest BCUT2D eigenvalue weighted by Crippen LogP contribution is -2.30. The van der Waals surface area contributed by atoms with Gasteiger partial charge in [-0.15, -0.1) is 0 Å². The Morgan fingerprint density at radius 2 is 2.19 bits per heavy atom. The zero-order chi connectivity index (χ0) is 14.8. The van der Waals surface area contributed by atoms with Gasteiger partial charge < -0.3 is 14.8 Å². The summed E-state index contributed by atoms with van der Waals surface area (Å²) in [6, 6.07) is 5.07. The van der Waals surface area contributed by atoms with Crippen molar-refractivity contribution < 1.29 is 14.4 Å². The number of anilines is 1. The third-order valence-corrected chi connectivity index (χ3v) is 3.99. The van der Waals surface area contributed by atoms with Crippen LogP contribution >= 0.6 is 0 Å². The summed E-state index contributed by atoms with van der Waals surface area (Å²) in [5.74, 6) is 1.17. The monoisotopic (exact) mass is 292 g/mol. The highest BCUT2D eigenvalue weighted by molar-refractivity contribution is 5.57. The Morgan fingerprint density at radius 1 is 1.38 bits per heavy atom. The fraction of sp³-hybridized carbons (Fsp3) is 0.600. The van der Waals surface area contributed by atoms with Gasteiger partial charge in [-0.3, -0.25) is 10.1 Å². The van der Waals surface area contributed by atoms with E-state index in [0.29, 0.717) is 18.3 Å². The third-order valence-electron chi connectivity index (χ3n) is 3.99. The van der Waals surface area contributed by atoms with Crippen molar-refractivity contribution in [3.05, 3.63) is 28.3 Å². The molecule has 0 amide bonds. The molecule has 21 heavy (non-hydrogen) atoms. The van der Waals surface area contributed by atoms with Gasteiger partial charge in [0.15, 0.2) is 0 Å². The molecule has 2 aliphatic rings. The first-order valence-electron chi connectivity index (χ1n) is 7.48. The molecule has 2 unspecified atom stereocenters. The first kappa shape index (κ1) is 14.1. The smallest absolute Gasteiger partial charge is 0.275 e. The van der Waals surface area contributed by atoms with Crippen LogP contribution in [-0.4, -0.2) is 30.3 Å². The van der Waals surface area contributed by atoms with Crippen molar-refractivity contribution in [1.29, 1.82) is 0 Å². The number of rotatable bonds is 6. The van der Waals surface area contributed by atoms with Crippen LogP contribution < -0.4 is 10.1 Å². The molecule has 1 aromatic rings. The van der Waals surface area contributed by atoms with Crippen LogP contribution in [0, 0.1) is 16.0 Å². The summed E-state index contributed by atoms with van der Waals surface area (Å²) >= 11 is 0. The summed E-state index contributed by atoms with van der Waals surface area (Å²) in [6.45, 7) is 3.10. The van der Waals surface area contributed by atoms with Crippen molar-refractivity contribution in [2.45, 2.75) is 38.3 Å². The van der Waals surface area contributed by atoms with E-state index in [4.69, 9.17) is 9.47 Å². The molecule has 0 aromatic heterocycles. The van der Waals surface area contributed by atoms with E-state index >= 15 is 0 Å². The second-order valence-corrected chi connectivity index (χ2v) is 5.62. The number of hydrogen-bond donors (Lipinski definition) is 1. The van der Waals surface area contributed by atoms with Gasteiger partial charge in [-0.1, -0.05) is 0 Å². The Bertz CT molecular complexity index is 530. The molecule has 2 atom stereocenters. The molecule has 3 rings (SSSR count). The molecule has 1 aliphatic carbocycles. The minimum Gasteiger partial charge on any atom is -0.494 e. The predicted octanol–water partition coefficient (Wildman–Crippen LogP) is 2.97. The quantitative estimate of drug-likeness (QED) is 0.644. The topological polar surface area (TPSA) is 73.6 Å². The van der Waals surface area contributed by atoms with Gasteiger partial charge in [0, 0.05) is 24.4 Å². The van der Waals surface area contributed by atoms with Gasteiger partial charge in [-0.25, -0.2) is 0 Å². The van der Waals surface area contributed by atoms with Crippen molar-refractivity contribution in [1.82, 2.24) is 0 Å². The molecule has 1 heterocycles. The van der Waals surface area contributed by atoms with Gasteiger partial charge in [0.25, 0.3) is 5.69 Å². The number of nitro benzene ring substituents is 1. The molecule has 1 aromatic carbocycles. The Hall–Kier alpha value is -1.82. The fourth-order valence-corrected chi connectivity index (χ4v) is 2.89. The van der Waals surface area contributed by atoms with Crippen molar-refractivity contribution in [3.63, 3.8) is 0 Å². The zero-order valence-electron chi connectivity index (χ0n) is 12.1. The number of nitrogens with one attached hydrogen (secondary N) is 1. The summed E-state index contributed by atoms with van der Waals surface area (Å²) < 4.78 is 11.2. The first-order valence-corrected chi connectivity index (χ1v) is 7.48. The molecule has 1 N–H and O–H groups in total. The van der Waals surface area contributed by atoms with Crippen LogP contribution in [-0.2, 0) is 4.74 Å². The lowest BCUT2D eigenvalue weighted by atomic mass is 10.1. The van der Waals surface area contributed by atoms with Crippen LogP contribution in [0.25, 0.3) is 0 Å². The number of nitro groups is 1. The average Bonchev–Trinajstić information content (AvgIpc) is 3.19. The minimum absolute atomic E-state index is 0.0466. The van der Waals surface area contributed by atoms with Gasteiger partial charge in [0.05, 0.1) is 29.7 Å². The van der Waals surface area contributed by atoms with Gasteiger partial charge >= 0.3 is 0 Å². The number of ether oxygens (including phenoxy) is 2. The Labute approximate surface area is 123 Å². The molecule has 0 radical (unpaired) electrons. The minimum atomic E-state index is -0.392. The molecule has 1 saturated carbocycles. The maximum atomic E-state index is 11.0. The molecule has 114 valence electrons. The van der Waals surface area contributed by atoms with Crippen LogP contribution in [0.1, 0.15) is 26.2 Å². The second kappa shape index (κ2) is 5.89. The van der Waals surface area contributed by atoms with E-state index in [0.717, 1.165) is 18.7 Å². The van der Waals surface area contributed by atoms with Crippen molar-refractivity contribution in [3.8, 4) is 5.75 Å². The van der Waals surface area contributed by atoms with Gasteiger partial charge in [0.1, 0.15) is 5.75 Å². The molecule has 6 nitrogen and oxygen atoms in total. The maximum Gasteiger partial charge on any atom is 0.275 e. The predicted molar refractivity (Wildman–Crippen MR) is 78.8 cm³/mol. The number of non-ortho nitro benzene ring substituents is 1. The Balaban J connectivity index is 1.78. The van der Waals surface area contributed by atoms with E-state index in [9.17, 15) is 10.1 Å². The number of benzene rings is 1. The summed E-state index contributed by atoms with van der Waals surface area (Å²) in [5.41, 5.74) is 0.777. The molecular weight excluding hydrogens is 272 g/mol. The Kier molecular flexibility index (Phi) is 3.96. The molecule has 6 heteroatoms. The van der Waals surface area contributed by atoms with Crippen LogP contribution in [0.5, 0.6) is 5.75 Å². The lowest BCUT2D eigenvalue weighted by Gasteiger charge is -2.21. The summed E-state index contributed by atoms with van der Waals surface area (Å²) in [4.78, 5) is 10.6. The number of nitrogens with zero attached hydrogens (tertiary/aromatic N) is 1. The SMILES string of the molecule is CCOc1cc(NC2CCOC2C2CC2)cc([N+](=O)[O-])c1. The van der Waals surface area contributed by atoms with E-state index in [1.54, 1.807) is 6.07 Å². The normalized spacial score (nSPS) is 24.8. The van der Waals surface area contributed by atoms with Gasteiger partial charge in [0.2, 0.25) is 0 Å². The van der Waals surface area contributed by atoms with Gasteiger partial charge in [-0.2, -0.15) is 0 Å². The molecule has 2 fully saturated rings. The fourth-order valence-electron chi connectivity index (χ4n) is 2.89. The molecular formula is C15H20N2O4. The summed E-state index contributed by atoms with van der Waals surface area (Å²) in [6.07, 6.45) is 3.62. The molecule has 1 aliphatic heterocycles. The van der Waals surface area contributed by atoms with E-state index in [1.165, 1.54) is 18.9 Å². The van der Waals surface area contributed by atoms with Gasteiger partial charge in [-0.05, 0) is 32.1 Å². The van der Waals surface area contributed by atoms with E-state index < -0.39 is 4.92 Å². The second-order valence-electron chi connectivity index (χ2n) is 5.62. The number of hydrogen-bond acceptors (Lipinski definition) is 5. The molecule has 1 saturated heterocycles. The average molecular weight is 292 g/mol. The highest BCUT2D eigenvalue weighted by Gasteiger charge is 2.40. The molecule has 0 spiro atoms. The van der Waals surface area contributed by atoms with Crippen molar-refractivity contribution in [2.75, 3.05) is 18.5 Å². The van der Waals surface area contributed by atoms with E-state index in [2.05, 4.69) is 5.32 Å². The standard InChI is InChI=1S/C15H20N2O4/c1-2-20-13-8-11(7-12(9-13)17(18)19)16-14-5-6-21-15(14)10-3-4-10/h7-10,14-16H,2-6H2,1H3. The largest absolute Gasteiger partial charge is 0.494 e. The van der Waals surface area contributed by atoms with Crippen molar-refractivity contribution >= 4 is 11.4 Å². The van der Waals surface area contributed by atoms with Crippen molar-refractivity contribution in [2.24, 2.45) is 5.92 Å². The molecule has 0 bridgehead atoms. The zero-order valence-corrected chi connectivity index (χ0v) is 12.1. The van der Waals surface area contributed by atoms with E-state index in [1.807, 2.05) is 13.0 Å². The highest BCUT2D eigenvalue weighted by atomic mass is 16.6. The summed E-state index contributed by atoms with van der Waals surface area (Å²) in [7, 11) is 0. The lowest BCUT2D eigenvalue weighted by molar-refractivity contribution is -0.384. The van der Waals surface area contributed by atoms with Crippen LogP contribution in [0.3, 0.4) is 0 Å². The Morgan fingerprint density at radius 3 is 2.86 bits per heavy atom. The van der Waals surface area contributed by atoms with Crippen LogP contribution in [0.2, 0.25) is 0 Å². The highest BCUT2D eigenvalue weighted by Crippen LogP contribution is 2.40. The maximum absolute atomic E-state index is 11.0. The van der Waals surface area contributed by atoms with Crippen LogP contribution in [0.4, 0.5) is 11.4 Å². The summed E-state index contributed by atoms with van der Waals surface area (Å²) in [5, 5.41) is 14.4. The third kappa shape index (κ3) is 3.26. The first-order chi connectivity index (χ1) is 10.2. The van der Waals surface area contributed by atoms with Crippen LogP contribution in [0.15, 0.2) is 18.2 Å². The van der Waals surface area contributed by atoms with E-state index in [-0.39, 0.29) is 17.8 Å².